The fraction of sp³-hybridized carbons (Fsp3) is 0.750. The maximum Gasteiger partial charge on any atom is 0.129 e. The second-order valence-electron chi connectivity index (χ2n) is 2.61. The molecule has 0 aliphatic heterocycles. The van der Waals surface area contributed by atoms with E-state index in [9.17, 15) is 14.0 Å². The van der Waals surface area contributed by atoms with E-state index >= 15 is 0 Å². The third kappa shape index (κ3) is 5.70. The van der Waals surface area contributed by atoms with Crippen molar-refractivity contribution in [1.82, 2.24) is 0 Å². The van der Waals surface area contributed by atoms with Gasteiger partial charge in [-0.3, -0.25) is 4.39 Å². The number of carbonyl (C=O) groups is 2. The number of ketones is 1. The topological polar surface area (TPSA) is 34.1 Å². The Bertz CT molecular complexity index is 134. The lowest BCUT2D eigenvalue weighted by atomic mass is 10.0. The zero-order valence-corrected chi connectivity index (χ0v) is 6.68. The molecule has 1 atom stereocenters. The third-order valence-corrected chi connectivity index (χ3v) is 1.54. The van der Waals surface area contributed by atoms with Crippen LogP contribution in [0.15, 0.2) is 0 Å². The molecule has 0 N–H and O–H groups in total. The Labute approximate surface area is 65.8 Å². The molecule has 0 aromatic heterocycles. The van der Waals surface area contributed by atoms with Gasteiger partial charge >= 0.3 is 0 Å². The highest BCUT2D eigenvalue weighted by Gasteiger charge is 2.07. The van der Waals surface area contributed by atoms with Crippen molar-refractivity contribution in [3.05, 3.63) is 0 Å². The largest absolute Gasteiger partial charge is 0.303 e. The molecule has 11 heavy (non-hydrogen) atoms. The average molecular weight is 160 g/mol. The summed E-state index contributed by atoms with van der Waals surface area (Å²) in [6.45, 7) is 0.985. The van der Waals surface area contributed by atoms with E-state index in [1.54, 1.807) is 0 Å². The SMILES string of the molecule is CC(=O)CCC(C=O)CCF. The van der Waals surface area contributed by atoms with Gasteiger partial charge in [-0.2, -0.15) is 0 Å². The average Bonchev–Trinajstić information content (AvgIpc) is 1.97. The van der Waals surface area contributed by atoms with E-state index in [0.717, 1.165) is 6.29 Å². The standard InChI is InChI=1S/C8H13FO2/c1-7(11)2-3-8(6-10)4-5-9/h6,8H,2-5H2,1H3. The molecule has 0 saturated carbocycles. The molecular weight excluding hydrogens is 147 g/mol. The number of Topliss-reactive ketones (excluding diaryl/α,β-unsaturated/α-hetero) is 1. The highest BCUT2D eigenvalue weighted by atomic mass is 19.1. The fourth-order valence-corrected chi connectivity index (χ4v) is 0.809. The summed E-state index contributed by atoms with van der Waals surface area (Å²) in [7, 11) is 0. The summed E-state index contributed by atoms with van der Waals surface area (Å²) in [5, 5.41) is 0. The van der Waals surface area contributed by atoms with Gasteiger partial charge in [-0.25, -0.2) is 0 Å². The van der Waals surface area contributed by atoms with Gasteiger partial charge in [0.2, 0.25) is 0 Å². The first-order chi connectivity index (χ1) is 5.20. The van der Waals surface area contributed by atoms with Crippen LogP contribution < -0.4 is 0 Å². The van der Waals surface area contributed by atoms with Crippen LogP contribution in [0.3, 0.4) is 0 Å². The summed E-state index contributed by atoms with van der Waals surface area (Å²) < 4.78 is 11.7. The Kier molecular flexibility index (Phi) is 5.61. The van der Waals surface area contributed by atoms with Gasteiger partial charge in [0, 0.05) is 12.3 Å². The van der Waals surface area contributed by atoms with E-state index in [2.05, 4.69) is 0 Å². The van der Waals surface area contributed by atoms with E-state index < -0.39 is 6.67 Å². The van der Waals surface area contributed by atoms with Crippen LogP contribution in [0.4, 0.5) is 4.39 Å². The molecule has 0 bridgehead atoms. The lowest BCUT2D eigenvalue weighted by molar-refractivity contribution is -0.117. The Morgan fingerprint density at radius 1 is 1.55 bits per heavy atom. The van der Waals surface area contributed by atoms with Crippen molar-refractivity contribution < 1.29 is 14.0 Å². The van der Waals surface area contributed by atoms with Gasteiger partial charge in [0.25, 0.3) is 0 Å². The molecule has 0 spiro atoms. The molecule has 0 heterocycles. The molecule has 0 rings (SSSR count). The van der Waals surface area contributed by atoms with Gasteiger partial charge in [0.1, 0.15) is 12.1 Å². The first kappa shape index (κ1) is 10.3. The van der Waals surface area contributed by atoms with Crippen molar-refractivity contribution in [2.45, 2.75) is 26.2 Å². The van der Waals surface area contributed by atoms with Crippen molar-refractivity contribution in [3.8, 4) is 0 Å². The first-order valence-electron chi connectivity index (χ1n) is 3.71. The van der Waals surface area contributed by atoms with Crippen LogP contribution in [0.2, 0.25) is 0 Å². The summed E-state index contributed by atoms with van der Waals surface area (Å²) in [6.07, 6.45) is 1.84. The van der Waals surface area contributed by atoms with E-state index in [0.29, 0.717) is 12.8 Å². The van der Waals surface area contributed by atoms with Crippen molar-refractivity contribution in [2.75, 3.05) is 6.67 Å². The summed E-state index contributed by atoms with van der Waals surface area (Å²) >= 11 is 0. The maximum absolute atomic E-state index is 11.7. The molecule has 0 fully saturated rings. The number of halogens is 1. The lowest BCUT2D eigenvalue weighted by Crippen LogP contribution is -2.05. The molecule has 0 saturated heterocycles. The monoisotopic (exact) mass is 160 g/mol. The summed E-state index contributed by atoms with van der Waals surface area (Å²) in [5.74, 6) is -0.223. The Hall–Kier alpha value is -0.730. The molecule has 1 unspecified atom stereocenters. The molecule has 0 aromatic carbocycles. The zero-order chi connectivity index (χ0) is 8.69. The van der Waals surface area contributed by atoms with Crippen LogP contribution in [-0.2, 0) is 9.59 Å². The minimum atomic E-state index is -0.485. The number of rotatable bonds is 6. The van der Waals surface area contributed by atoms with Gasteiger partial charge in [0.05, 0.1) is 6.67 Å². The van der Waals surface area contributed by atoms with Crippen molar-refractivity contribution in [3.63, 3.8) is 0 Å². The molecule has 64 valence electrons. The second-order valence-corrected chi connectivity index (χ2v) is 2.61. The van der Waals surface area contributed by atoms with Gasteiger partial charge in [-0.15, -0.1) is 0 Å². The van der Waals surface area contributed by atoms with Gasteiger partial charge < -0.3 is 9.59 Å². The van der Waals surface area contributed by atoms with E-state index in [1.807, 2.05) is 0 Å². The van der Waals surface area contributed by atoms with Gasteiger partial charge in [-0.1, -0.05) is 0 Å². The minimum absolute atomic E-state index is 0.0516. The Balaban J connectivity index is 3.51. The van der Waals surface area contributed by atoms with Gasteiger partial charge in [0.15, 0.2) is 0 Å². The van der Waals surface area contributed by atoms with E-state index in [1.165, 1.54) is 6.92 Å². The van der Waals surface area contributed by atoms with Gasteiger partial charge in [-0.05, 0) is 19.8 Å². The van der Waals surface area contributed by atoms with E-state index in [4.69, 9.17) is 0 Å². The van der Waals surface area contributed by atoms with Crippen LogP contribution in [0.1, 0.15) is 26.2 Å². The molecule has 0 radical (unpaired) electrons. The second kappa shape index (κ2) is 6.01. The van der Waals surface area contributed by atoms with Crippen LogP contribution in [0, 0.1) is 5.92 Å². The lowest BCUT2D eigenvalue weighted by Gasteiger charge is -2.04. The first-order valence-corrected chi connectivity index (χ1v) is 3.71. The van der Waals surface area contributed by atoms with Crippen LogP contribution in [0.25, 0.3) is 0 Å². The number of alkyl halides is 1. The highest BCUT2D eigenvalue weighted by Crippen LogP contribution is 2.08. The minimum Gasteiger partial charge on any atom is -0.303 e. The number of hydrogen-bond acceptors (Lipinski definition) is 2. The number of hydrogen-bond donors (Lipinski definition) is 0. The summed E-state index contributed by atoms with van der Waals surface area (Å²) in [5.41, 5.74) is 0. The Morgan fingerprint density at radius 3 is 2.55 bits per heavy atom. The van der Waals surface area contributed by atoms with E-state index in [-0.39, 0.29) is 18.1 Å². The van der Waals surface area contributed by atoms with Crippen LogP contribution in [-0.4, -0.2) is 18.7 Å². The zero-order valence-electron chi connectivity index (χ0n) is 6.68. The smallest absolute Gasteiger partial charge is 0.129 e. The Morgan fingerprint density at radius 2 is 2.18 bits per heavy atom. The normalized spacial score (nSPS) is 12.5. The predicted octanol–water partition coefficient (Wildman–Crippen LogP) is 1.53. The van der Waals surface area contributed by atoms with Crippen molar-refractivity contribution >= 4 is 12.1 Å². The highest BCUT2D eigenvalue weighted by molar-refractivity contribution is 5.75. The quantitative estimate of drug-likeness (QED) is 0.552. The predicted molar refractivity (Wildman–Crippen MR) is 40.1 cm³/mol. The molecule has 0 aliphatic carbocycles. The molecular formula is C8H13FO2. The summed E-state index contributed by atoms with van der Waals surface area (Å²) in [4.78, 5) is 20.7. The van der Waals surface area contributed by atoms with Crippen LogP contribution in [0.5, 0.6) is 0 Å². The molecule has 2 nitrogen and oxygen atoms in total. The maximum atomic E-state index is 11.7. The van der Waals surface area contributed by atoms with Crippen molar-refractivity contribution in [1.29, 1.82) is 0 Å². The van der Waals surface area contributed by atoms with Crippen LogP contribution >= 0.6 is 0 Å². The third-order valence-electron chi connectivity index (χ3n) is 1.54. The fourth-order valence-electron chi connectivity index (χ4n) is 0.809. The molecule has 0 amide bonds. The molecule has 0 aliphatic rings. The number of aldehydes is 1. The van der Waals surface area contributed by atoms with Crippen molar-refractivity contribution in [2.24, 2.45) is 5.92 Å². The number of carbonyl (C=O) groups excluding carboxylic acids is 2. The molecule has 3 heteroatoms. The summed E-state index contributed by atoms with van der Waals surface area (Å²) in [6, 6.07) is 0. The molecule has 0 aromatic rings.